The Morgan fingerprint density at radius 2 is 1.44 bits per heavy atom. The van der Waals surface area contributed by atoms with Crippen LogP contribution in [0.25, 0.3) is 11.5 Å². The molecular formula is C33H27F2N3O5. The van der Waals surface area contributed by atoms with Gasteiger partial charge in [-0.15, -0.1) is 0 Å². The van der Waals surface area contributed by atoms with Crippen LogP contribution < -0.4 is 15.4 Å². The molecule has 2 N–H and O–H groups in total. The largest absolute Gasteiger partial charge is 0.457 e. The van der Waals surface area contributed by atoms with E-state index in [0.29, 0.717) is 34.3 Å². The molecule has 0 saturated carbocycles. The lowest BCUT2D eigenvalue weighted by Crippen LogP contribution is -2.47. The van der Waals surface area contributed by atoms with E-state index in [0.717, 1.165) is 5.56 Å². The molecule has 1 atom stereocenters. The lowest BCUT2D eigenvalue weighted by Gasteiger charge is -2.19. The van der Waals surface area contributed by atoms with E-state index in [1.165, 1.54) is 42.7 Å². The number of anilines is 1. The van der Waals surface area contributed by atoms with Gasteiger partial charge in [-0.3, -0.25) is 9.59 Å². The molecule has 2 amide bonds. The monoisotopic (exact) mass is 583 g/mol. The summed E-state index contributed by atoms with van der Waals surface area (Å²) >= 11 is 0. The molecule has 10 heteroatoms. The van der Waals surface area contributed by atoms with Crippen LogP contribution >= 0.6 is 0 Å². The average Bonchev–Trinajstić information content (AvgIpc) is 3.48. The molecule has 1 aromatic heterocycles. The van der Waals surface area contributed by atoms with Crippen molar-refractivity contribution in [3.63, 3.8) is 0 Å². The Morgan fingerprint density at radius 1 is 0.814 bits per heavy atom. The van der Waals surface area contributed by atoms with Crippen molar-refractivity contribution in [3.8, 4) is 23.0 Å². The normalized spacial score (nSPS) is 11.5. The lowest BCUT2D eigenvalue weighted by atomic mass is 10.2. The van der Waals surface area contributed by atoms with Gasteiger partial charge in [-0.2, -0.15) is 0 Å². The third kappa shape index (κ3) is 8.57. The third-order valence-corrected chi connectivity index (χ3v) is 6.20. The summed E-state index contributed by atoms with van der Waals surface area (Å²) in [5.74, 6) is -0.377. The van der Waals surface area contributed by atoms with E-state index in [1.807, 2.05) is 30.3 Å². The molecule has 0 fully saturated rings. The van der Waals surface area contributed by atoms with Crippen LogP contribution in [-0.4, -0.2) is 29.4 Å². The zero-order valence-corrected chi connectivity index (χ0v) is 22.8. The zero-order chi connectivity index (χ0) is 30.0. The van der Waals surface area contributed by atoms with Crippen LogP contribution in [0.4, 0.5) is 14.5 Å². The first-order valence-electron chi connectivity index (χ1n) is 13.4. The van der Waals surface area contributed by atoms with Gasteiger partial charge < -0.3 is 24.5 Å². The van der Waals surface area contributed by atoms with Gasteiger partial charge >= 0.3 is 0 Å². The van der Waals surface area contributed by atoms with Crippen LogP contribution in [0.2, 0.25) is 0 Å². The van der Waals surface area contributed by atoms with Crippen molar-refractivity contribution in [2.24, 2.45) is 0 Å². The summed E-state index contributed by atoms with van der Waals surface area (Å²) in [5.41, 5.74) is 2.34. The molecular weight excluding hydrogens is 556 g/mol. The predicted molar refractivity (Wildman–Crippen MR) is 155 cm³/mol. The fraction of sp³-hybridized carbons (Fsp3) is 0.121. The number of carbonyl (C=O) groups excluding carboxylic acids is 2. The van der Waals surface area contributed by atoms with Gasteiger partial charge in [0, 0.05) is 11.3 Å². The lowest BCUT2D eigenvalue weighted by molar-refractivity contribution is -0.127. The summed E-state index contributed by atoms with van der Waals surface area (Å²) in [6, 6.07) is 26.2. The highest BCUT2D eigenvalue weighted by molar-refractivity contribution is 5.97. The molecule has 1 heterocycles. The number of ether oxygens (including phenoxy) is 2. The molecule has 0 aliphatic carbocycles. The first-order valence-corrected chi connectivity index (χ1v) is 13.4. The fourth-order valence-electron chi connectivity index (χ4n) is 4.04. The highest BCUT2D eigenvalue weighted by atomic mass is 19.1. The second kappa shape index (κ2) is 14.0. The maximum absolute atomic E-state index is 13.2. The van der Waals surface area contributed by atoms with Crippen LogP contribution in [0.3, 0.4) is 0 Å². The number of nitrogens with one attached hydrogen (secondary N) is 2. The first-order chi connectivity index (χ1) is 20.9. The Balaban J connectivity index is 1.22. The van der Waals surface area contributed by atoms with Crippen LogP contribution in [0.1, 0.15) is 11.3 Å². The molecule has 0 saturated heterocycles. The molecule has 5 aromatic rings. The smallest absolute Gasteiger partial charge is 0.249 e. The molecule has 43 heavy (non-hydrogen) atoms. The quantitative estimate of drug-likeness (QED) is 0.179. The third-order valence-electron chi connectivity index (χ3n) is 6.20. The Labute approximate surface area is 246 Å². The molecule has 218 valence electrons. The summed E-state index contributed by atoms with van der Waals surface area (Å²) in [7, 11) is 0. The number of hydrogen-bond donors (Lipinski definition) is 2. The highest BCUT2D eigenvalue weighted by Gasteiger charge is 2.22. The fourth-order valence-corrected chi connectivity index (χ4v) is 4.04. The van der Waals surface area contributed by atoms with Crippen molar-refractivity contribution in [1.29, 1.82) is 0 Å². The minimum absolute atomic E-state index is 0.110. The number of nitrogens with zero attached hydrogens (tertiary/aromatic N) is 1. The summed E-state index contributed by atoms with van der Waals surface area (Å²) in [6.07, 6.45) is 1.28. The molecule has 0 aliphatic rings. The van der Waals surface area contributed by atoms with Crippen LogP contribution in [0, 0.1) is 11.6 Å². The predicted octanol–water partition coefficient (Wildman–Crippen LogP) is 6.29. The second-order valence-electron chi connectivity index (χ2n) is 9.52. The summed E-state index contributed by atoms with van der Waals surface area (Å²) in [5, 5.41) is 5.47. The van der Waals surface area contributed by atoms with Crippen molar-refractivity contribution in [1.82, 2.24) is 10.3 Å². The average molecular weight is 584 g/mol. The van der Waals surface area contributed by atoms with E-state index in [2.05, 4.69) is 15.6 Å². The van der Waals surface area contributed by atoms with Gasteiger partial charge in [0.2, 0.25) is 17.7 Å². The minimum Gasteiger partial charge on any atom is -0.457 e. The highest BCUT2D eigenvalue weighted by Crippen LogP contribution is 2.23. The van der Waals surface area contributed by atoms with E-state index >= 15 is 0 Å². The molecule has 5 rings (SSSR count). The van der Waals surface area contributed by atoms with Gasteiger partial charge in [0.1, 0.15) is 35.4 Å². The number of oxazole rings is 1. The molecule has 8 nitrogen and oxygen atoms in total. The van der Waals surface area contributed by atoms with E-state index in [4.69, 9.17) is 13.9 Å². The number of aromatic nitrogens is 1. The van der Waals surface area contributed by atoms with Gasteiger partial charge in [0.25, 0.3) is 0 Å². The Morgan fingerprint density at radius 3 is 2.12 bits per heavy atom. The molecule has 0 spiro atoms. The van der Waals surface area contributed by atoms with Gasteiger partial charge in [0.15, 0.2) is 0 Å². The van der Waals surface area contributed by atoms with Crippen molar-refractivity contribution in [2.45, 2.75) is 19.1 Å². The Hall–Kier alpha value is -5.35. The maximum atomic E-state index is 13.2. The SMILES string of the molecule is O=C(Cc1coc(-c2ccccc2)n1)N[C@@H](COCc1ccc(F)cc1)C(=O)Nc1ccc(Oc2ccc(F)cc2)cc1. The van der Waals surface area contributed by atoms with Gasteiger partial charge in [-0.05, 0) is 78.4 Å². The maximum Gasteiger partial charge on any atom is 0.249 e. The Kier molecular flexibility index (Phi) is 9.50. The van der Waals surface area contributed by atoms with Crippen molar-refractivity contribution < 1.29 is 32.3 Å². The summed E-state index contributed by atoms with van der Waals surface area (Å²) < 4.78 is 43.3. The molecule has 0 unspecified atom stereocenters. The number of carbonyl (C=O) groups is 2. The molecule has 0 bridgehead atoms. The number of amides is 2. The zero-order valence-electron chi connectivity index (χ0n) is 22.8. The van der Waals surface area contributed by atoms with Crippen LogP contribution in [0.5, 0.6) is 11.5 Å². The number of benzene rings is 4. The van der Waals surface area contributed by atoms with E-state index in [1.54, 1.807) is 36.4 Å². The van der Waals surface area contributed by atoms with E-state index < -0.39 is 17.9 Å². The van der Waals surface area contributed by atoms with Crippen molar-refractivity contribution >= 4 is 17.5 Å². The summed E-state index contributed by atoms with van der Waals surface area (Å²) in [4.78, 5) is 30.5. The van der Waals surface area contributed by atoms with Crippen LogP contribution in [-0.2, 0) is 27.4 Å². The Bertz CT molecular complexity index is 1640. The van der Waals surface area contributed by atoms with E-state index in [-0.39, 0.29) is 31.3 Å². The van der Waals surface area contributed by atoms with E-state index in [9.17, 15) is 18.4 Å². The summed E-state index contributed by atoms with van der Waals surface area (Å²) in [6.45, 7) is -0.0339. The van der Waals surface area contributed by atoms with Crippen molar-refractivity contribution in [2.75, 3.05) is 11.9 Å². The number of rotatable bonds is 12. The number of halogens is 2. The van der Waals surface area contributed by atoms with Gasteiger partial charge in [-0.1, -0.05) is 30.3 Å². The topological polar surface area (TPSA) is 103 Å². The molecule has 0 aliphatic heterocycles. The minimum atomic E-state index is -1.05. The number of hydrogen-bond acceptors (Lipinski definition) is 6. The van der Waals surface area contributed by atoms with Crippen LogP contribution in [0.15, 0.2) is 114 Å². The van der Waals surface area contributed by atoms with Crippen molar-refractivity contribution in [3.05, 3.63) is 132 Å². The van der Waals surface area contributed by atoms with Gasteiger partial charge in [0.05, 0.1) is 25.3 Å². The van der Waals surface area contributed by atoms with Gasteiger partial charge in [-0.25, -0.2) is 13.8 Å². The first kappa shape index (κ1) is 29.2. The molecule has 4 aromatic carbocycles. The molecule has 0 radical (unpaired) electrons. The second-order valence-corrected chi connectivity index (χ2v) is 9.52. The standard InChI is InChI=1S/C33H27F2N3O5/c34-24-8-6-22(7-9-24)19-41-21-30(38-31(39)18-27-20-42-33(37-27)23-4-2-1-3-5-23)32(40)36-26-12-16-29(17-13-26)43-28-14-10-25(35)11-15-28/h1-17,20,30H,18-19,21H2,(H,36,40)(H,38,39)/t30-/m0/s1.